The summed E-state index contributed by atoms with van der Waals surface area (Å²) in [4.78, 5) is 0. The molecule has 0 radical (unpaired) electrons. The molecule has 0 saturated heterocycles. The van der Waals surface area contributed by atoms with Crippen molar-refractivity contribution in [3.8, 4) is 5.69 Å². The van der Waals surface area contributed by atoms with E-state index in [1.165, 1.54) is 0 Å². The predicted octanol–water partition coefficient (Wildman–Crippen LogP) is 2.33. The highest BCUT2D eigenvalue weighted by Crippen LogP contribution is 2.18. The maximum absolute atomic E-state index is 10.00. The van der Waals surface area contributed by atoms with Crippen LogP contribution in [0, 0.1) is 0 Å². The van der Waals surface area contributed by atoms with E-state index in [0.29, 0.717) is 13.0 Å². The molecule has 1 heterocycles. The van der Waals surface area contributed by atoms with Gasteiger partial charge in [-0.15, -0.1) is 0 Å². The van der Waals surface area contributed by atoms with Crippen LogP contribution in [0.1, 0.15) is 24.5 Å². The number of rotatable bonds is 6. The normalized spacial score (nSPS) is 12.6. The Hall–Kier alpha value is -1.65. The van der Waals surface area contributed by atoms with Gasteiger partial charge in [-0.25, -0.2) is 4.68 Å². The molecule has 1 N–H and O–H groups in total. The molecule has 2 aromatic rings. The van der Waals surface area contributed by atoms with Crippen molar-refractivity contribution in [2.24, 2.45) is 0 Å². The van der Waals surface area contributed by atoms with Crippen molar-refractivity contribution in [2.45, 2.75) is 18.9 Å². The molecule has 4 heteroatoms. The Bertz CT molecular complexity index is 468. The molecule has 1 atom stereocenters. The fourth-order valence-electron chi connectivity index (χ4n) is 1.82. The zero-order chi connectivity index (χ0) is 12.8. The molecule has 96 valence electrons. The van der Waals surface area contributed by atoms with E-state index in [1.54, 1.807) is 18.0 Å². The number of hydrogen-bond acceptors (Lipinski definition) is 3. The number of methoxy groups -OCH3 is 1. The summed E-state index contributed by atoms with van der Waals surface area (Å²) < 4.78 is 6.74. The van der Waals surface area contributed by atoms with E-state index in [9.17, 15) is 5.11 Å². The minimum atomic E-state index is -0.474. The lowest BCUT2D eigenvalue weighted by Gasteiger charge is -2.07. The quantitative estimate of drug-likeness (QED) is 0.796. The summed E-state index contributed by atoms with van der Waals surface area (Å²) in [6.45, 7) is 0.671. The highest BCUT2D eigenvalue weighted by Gasteiger charge is 2.10. The molecule has 0 aliphatic carbocycles. The smallest absolute Gasteiger partial charge is 0.0821 e. The molecule has 0 amide bonds. The summed E-state index contributed by atoms with van der Waals surface area (Å²) in [5.74, 6) is 0. The summed E-state index contributed by atoms with van der Waals surface area (Å²) in [5, 5.41) is 14.3. The number of aliphatic hydroxyl groups is 1. The topological polar surface area (TPSA) is 47.3 Å². The molecule has 1 unspecified atom stereocenters. The van der Waals surface area contributed by atoms with E-state index in [1.807, 2.05) is 36.5 Å². The summed E-state index contributed by atoms with van der Waals surface area (Å²) >= 11 is 0. The number of aromatic nitrogens is 2. The van der Waals surface area contributed by atoms with Crippen molar-refractivity contribution >= 4 is 0 Å². The predicted molar refractivity (Wildman–Crippen MR) is 69.6 cm³/mol. The highest BCUT2D eigenvalue weighted by molar-refractivity contribution is 5.31. The van der Waals surface area contributed by atoms with Crippen LogP contribution in [0.5, 0.6) is 0 Å². The van der Waals surface area contributed by atoms with E-state index in [2.05, 4.69) is 5.10 Å². The minimum Gasteiger partial charge on any atom is -0.388 e. The van der Waals surface area contributed by atoms with E-state index >= 15 is 0 Å². The first-order chi connectivity index (χ1) is 8.81. The van der Waals surface area contributed by atoms with Crippen molar-refractivity contribution in [3.63, 3.8) is 0 Å². The van der Waals surface area contributed by atoms with Crippen molar-refractivity contribution in [2.75, 3.05) is 13.7 Å². The number of ether oxygens (including phenoxy) is 1. The number of nitrogens with zero attached hydrogens (tertiary/aromatic N) is 2. The highest BCUT2D eigenvalue weighted by atomic mass is 16.5. The van der Waals surface area contributed by atoms with E-state index in [4.69, 9.17) is 4.74 Å². The molecule has 0 spiro atoms. The first kappa shape index (κ1) is 12.8. The molecule has 1 aromatic carbocycles. The molecule has 0 saturated carbocycles. The van der Waals surface area contributed by atoms with Crippen LogP contribution in [0.15, 0.2) is 42.7 Å². The van der Waals surface area contributed by atoms with Crippen LogP contribution in [-0.4, -0.2) is 28.6 Å². The van der Waals surface area contributed by atoms with Gasteiger partial charge in [-0.05, 0) is 25.0 Å². The van der Waals surface area contributed by atoms with E-state index < -0.39 is 6.10 Å². The molecular weight excluding hydrogens is 228 g/mol. The molecule has 0 bridgehead atoms. The molecule has 18 heavy (non-hydrogen) atoms. The second-order valence-corrected chi connectivity index (χ2v) is 4.20. The van der Waals surface area contributed by atoms with Gasteiger partial charge in [0.15, 0.2) is 0 Å². The van der Waals surface area contributed by atoms with Gasteiger partial charge in [0.25, 0.3) is 0 Å². The molecule has 0 aliphatic rings. The van der Waals surface area contributed by atoms with Crippen molar-refractivity contribution in [1.82, 2.24) is 9.78 Å². The van der Waals surface area contributed by atoms with Gasteiger partial charge in [-0.2, -0.15) is 5.10 Å². The van der Waals surface area contributed by atoms with Crippen LogP contribution in [-0.2, 0) is 4.74 Å². The molecular formula is C14H18N2O2. The third-order valence-corrected chi connectivity index (χ3v) is 2.83. The number of aliphatic hydroxyl groups excluding tert-OH is 1. The van der Waals surface area contributed by atoms with E-state index in [0.717, 1.165) is 17.7 Å². The number of para-hydroxylation sites is 1. The molecule has 4 nitrogen and oxygen atoms in total. The Labute approximate surface area is 107 Å². The van der Waals surface area contributed by atoms with Crippen molar-refractivity contribution in [1.29, 1.82) is 0 Å². The van der Waals surface area contributed by atoms with Crippen LogP contribution < -0.4 is 0 Å². The van der Waals surface area contributed by atoms with Crippen molar-refractivity contribution in [3.05, 3.63) is 48.3 Å². The zero-order valence-electron chi connectivity index (χ0n) is 10.5. The van der Waals surface area contributed by atoms with Gasteiger partial charge in [0.2, 0.25) is 0 Å². The molecule has 0 fully saturated rings. The van der Waals surface area contributed by atoms with Crippen molar-refractivity contribution < 1.29 is 9.84 Å². The summed E-state index contributed by atoms with van der Waals surface area (Å²) in [5.41, 5.74) is 1.84. The van der Waals surface area contributed by atoms with Crippen LogP contribution in [0.25, 0.3) is 5.69 Å². The summed E-state index contributed by atoms with van der Waals surface area (Å²) in [6.07, 6.45) is 4.64. The fraction of sp³-hybridized carbons (Fsp3) is 0.357. The Morgan fingerprint density at radius 3 is 2.83 bits per heavy atom. The largest absolute Gasteiger partial charge is 0.388 e. The Kier molecular flexibility index (Phi) is 4.50. The average molecular weight is 246 g/mol. The van der Waals surface area contributed by atoms with Crippen LogP contribution in [0.4, 0.5) is 0 Å². The third kappa shape index (κ3) is 3.18. The summed E-state index contributed by atoms with van der Waals surface area (Å²) in [6, 6.07) is 9.85. The van der Waals surface area contributed by atoms with Crippen LogP contribution >= 0.6 is 0 Å². The lowest BCUT2D eigenvalue weighted by Crippen LogP contribution is -1.99. The van der Waals surface area contributed by atoms with Gasteiger partial charge in [0.1, 0.15) is 0 Å². The number of hydrogen-bond donors (Lipinski definition) is 1. The first-order valence-corrected chi connectivity index (χ1v) is 6.08. The second-order valence-electron chi connectivity index (χ2n) is 4.20. The molecule has 0 aliphatic heterocycles. The first-order valence-electron chi connectivity index (χ1n) is 6.08. The standard InChI is InChI=1S/C14H18N2O2/c1-18-9-5-8-14(17)12-10-15-16(11-12)13-6-3-2-4-7-13/h2-4,6-7,10-11,14,17H,5,8-9H2,1H3. The molecule has 2 rings (SSSR count). The lowest BCUT2D eigenvalue weighted by atomic mass is 10.1. The lowest BCUT2D eigenvalue weighted by molar-refractivity contribution is 0.136. The van der Waals surface area contributed by atoms with Crippen LogP contribution in [0.2, 0.25) is 0 Å². The van der Waals surface area contributed by atoms with Gasteiger partial charge in [0, 0.05) is 25.5 Å². The molecule has 1 aromatic heterocycles. The average Bonchev–Trinajstić information content (AvgIpc) is 2.89. The zero-order valence-corrected chi connectivity index (χ0v) is 10.5. The van der Waals surface area contributed by atoms with Gasteiger partial charge in [-0.3, -0.25) is 0 Å². The van der Waals surface area contributed by atoms with Gasteiger partial charge >= 0.3 is 0 Å². The van der Waals surface area contributed by atoms with Gasteiger partial charge in [0.05, 0.1) is 18.0 Å². The third-order valence-electron chi connectivity index (χ3n) is 2.83. The Morgan fingerprint density at radius 1 is 1.33 bits per heavy atom. The van der Waals surface area contributed by atoms with Crippen LogP contribution in [0.3, 0.4) is 0 Å². The van der Waals surface area contributed by atoms with Gasteiger partial charge < -0.3 is 9.84 Å². The maximum atomic E-state index is 10.00. The fourth-order valence-corrected chi connectivity index (χ4v) is 1.82. The Balaban J connectivity index is 2.02. The second kappa shape index (κ2) is 6.33. The Morgan fingerprint density at radius 2 is 2.11 bits per heavy atom. The van der Waals surface area contributed by atoms with E-state index in [-0.39, 0.29) is 0 Å². The summed E-state index contributed by atoms with van der Waals surface area (Å²) in [7, 11) is 1.67. The maximum Gasteiger partial charge on any atom is 0.0821 e. The minimum absolute atomic E-state index is 0.474. The monoisotopic (exact) mass is 246 g/mol. The SMILES string of the molecule is COCCCC(O)c1cnn(-c2ccccc2)c1. The number of benzene rings is 1. The van der Waals surface area contributed by atoms with Gasteiger partial charge in [-0.1, -0.05) is 18.2 Å².